The largest absolute Gasteiger partial charge is 0.399 e. The zero-order chi connectivity index (χ0) is 21.3. The lowest BCUT2D eigenvalue weighted by atomic mass is 9.70. The van der Waals surface area contributed by atoms with E-state index in [1.54, 1.807) is 0 Å². The Labute approximate surface area is 187 Å². The van der Waals surface area contributed by atoms with Gasteiger partial charge in [0.2, 0.25) is 0 Å². The maximum atomic E-state index is 6.38. The lowest BCUT2D eigenvalue weighted by Crippen LogP contribution is -2.26. The molecule has 0 aromatic heterocycles. The molecule has 2 aliphatic carbocycles. The molecule has 0 fully saturated rings. The number of nitrogens with two attached hydrogens (primary N) is 1. The Morgan fingerprint density at radius 1 is 0.406 bits per heavy atom. The van der Waals surface area contributed by atoms with Gasteiger partial charge in [0.1, 0.15) is 0 Å². The van der Waals surface area contributed by atoms with Gasteiger partial charge in [0.15, 0.2) is 0 Å². The first kappa shape index (κ1) is 17.6. The Bertz CT molecular complexity index is 1480. The van der Waals surface area contributed by atoms with E-state index in [0.717, 1.165) is 5.69 Å². The minimum absolute atomic E-state index is 0.349. The molecule has 7 rings (SSSR count). The maximum Gasteiger partial charge on any atom is 0.0726 e. The van der Waals surface area contributed by atoms with Crippen molar-refractivity contribution < 1.29 is 0 Å². The number of nitrogen functional groups attached to an aromatic ring is 1. The third-order valence-corrected chi connectivity index (χ3v) is 7.22. The van der Waals surface area contributed by atoms with Crippen LogP contribution in [0.1, 0.15) is 22.3 Å². The number of hydrogen-bond donors (Lipinski definition) is 1. The van der Waals surface area contributed by atoms with Crippen LogP contribution in [0.2, 0.25) is 0 Å². The Kier molecular flexibility index (Phi) is 3.41. The fourth-order valence-electron chi connectivity index (χ4n) is 5.97. The summed E-state index contributed by atoms with van der Waals surface area (Å²) in [6.45, 7) is 0. The van der Waals surface area contributed by atoms with Crippen LogP contribution in [0.15, 0.2) is 115 Å². The van der Waals surface area contributed by atoms with Gasteiger partial charge < -0.3 is 5.73 Å². The third-order valence-electron chi connectivity index (χ3n) is 7.22. The van der Waals surface area contributed by atoms with Crippen molar-refractivity contribution in [2.24, 2.45) is 0 Å². The second kappa shape index (κ2) is 6.21. The minimum Gasteiger partial charge on any atom is -0.399 e. The molecule has 0 unspecified atom stereocenters. The van der Waals surface area contributed by atoms with Crippen LogP contribution in [0.3, 0.4) is 0 Å². The highest BCUT2D eigenvalue weighted by Crippen LogP contribution is 2.63. The molecule has 150 valence electrons. The van der Waals surface area contributed by atoms with Gasteiger partial charge in [0.05, 0.1) is 5.41 Å². The molecule has 2 aliphatic rings. The van der Waals surface area contributed by atoms with E-state index in [1.165, 1.54) is 55.6 Å². The van der Waals surface area contributed by atoms with Gasteiger partial charge in [-0.15, -0.1) is 0 Å². The van der Waals surface area contributed by atoms with Gasteiger partial charge in [-0.3, -0.25) is 0 Å². The van der Waals surface area contributed by atoms with Crippen LogP contribution in [0.5, 0.6) is 0 Å². The van der Waals surface area contributed by atoms with Gasteiger partial charge in [-0.2, -0.15) is 0 Å². The van der Waals surface area contributed by atoms with Gasteiger partial charge in [-0.1, -0.05) is 97.1 Å². The number of benzene rings is 5. The number of hydrogen-bond acceptors (Lipinski definition) is 1. The molecule has 1 heteroatoms. The standard InChI is InChI=1S/C31H21N/c32-22-15-17-26-25-16-14-21(20-8-2-1-3-9-20)18-29(25)31(30(26)19-22)27-12-6-4-10-23(27)24-11-5-7-13-28(24)31/h1-19H,32H2. The first-order chi connectivity index (χ1) is 15.8. The SMILES string of the molecule is Nc1ccc2c(c1)C1(c3ccccc3-c3ccccc31)c1cc(-c3ccccc3)ccc1-2. The van der Waals surface area contributed by atoms with Crippen molar-refractivity contribution in [3.8, 4) is 33.4 Å². The second-order valence-corrected chi connectivity index (χ2v) is 8.77. The zero-order valence-electron chi connectivity index (χ0n) is 17.5. The summed E-state index contributed by atoms with van der Waals surface area (Å²) in [7, 11) is 0. The van der Waals surface area contributed by atoms with E-state index in [0.29, 0.717) is 0 Å². The summed E-state index contributed by atoms with van der Waals surface area (Å²) in [5.74, 6) is 0. The topological polar surface area (TPSA) is 26.0 Å². The second-order valence-electron chi connectivity index (χ2n) is 8.77. The summed E-state index contributed by atoms with van der Waals surface area (Å²) in [6, 6.07) is 41.7. The Morgan fingerprint density at radius 2 is 0.938 bits per heavy atom. The molecule has 32 heavy (non-hydrogen) atoms. The fourth-order valence-corrected chi connectivity index (χ4v) is 5.97. The van der Waals surface area contributed by atoms with Crippen LogP contribution in [0.4, 0.5) is 5.69 Å². The molecule has 0 saturated carbocycles. The lowest BCUT2D eigenvalue weighted by Gasteiger charge is -2.30. The summed E-state index contributed by atoms with van der Waals surface area (Å²) in [5, 5.41) is 0. The Morgan fingerprint density at radius 3 is 1.62 bits per heavy atom. The average Bonchev–Trinajstić information content (AvgIpc) is 3.31. The van der Waals surface area contributed by atoms with Crippen LogP contribution in [-0.2, 0) is 5.41 Å². The van der Waals surface area contributed by atoms with E-state index in [9.17, 15) is 0 Å². The van der Waals surface area contributed by atoms with Crippen LogP contribution < -0.4 is 5.73 Å². The van der Waals surface area contributed by atoms with E-state index in [2.05, 4.69) is 109 Å². The molecule has 0 aliphatic heterocycles. The van der Waals surface area contributed by atoms with Crippen LogP contribution in [0.25, 0.3) is 33.4 Å². The van der Waals surface area contributed by atoms with Gasteiger partial charge in [-0.25, -0.2) is 0 Å². The van der Waals surface area contributed by atoms with Crippen LogP contribution >= 0.6 is 0 Å². The molecule has 2 N–H and O–H groups in total. The summed E-state index contributed by atoms with van der Waals surface area (Å²) < 4.78 is 0. The van der Waals surface area contributed by atoms with Crippen molar-refractivity contribution in [2.45, 2.75) is 5.41 Å². The van der Waals surface area contributed by atoms with Crippen molar-refractivity contribution in [1.82, 2.24) is 0 Å². The highest BCUT2D eigenvalue weighted by Gasteiger charge is 2.51. The van der Waals surface area contributed by atoms with E-state index >= 15 is 0 Å². The molecule has 0 heterocycles. The molecule has 1 nitrogen and oxygen atoms in total. The third kappa shape index (κ3) is 2.08. The normalized spacial score (nSPS) is 14.0. The van der Waals surface area contributed by atoms with Gasteiger partial charge in [0.25, 0.3) is 0 Å². The molecule has 5 aromatic rings. The van der Waals surface area contributed by atoms with Gasteiger partial charge >= 0.3 is 0 Å². The first-order valence-electron chi connectivity index (χ1n) is 11.1. The highest BCUT2D eigenvalue weighted by atomic mass is 14.6. The van der Waals surface area contributed by atoms with E-state index in [4.69, 9.17) is 5.73 Å². The average molecular weight is 408 g/mol. The van der Waals surface area contributed by atoms with Crippen molar-refractivity contribution in [2.75, 3.05) is 5.73 Å². The smallest absolute Gasteiger partial charge is 0.0726 e. The van der Waals surface area contributed by atoms with Crippen molar-refractivity contribution in [3.63, 3.8) is 0 Å². The molecule has 0 radical (unpaired) electrons. The molecule has 0 atom stereocenters. The van der Waals surface area contributed by atoms with Crippen LogP contribution in [-0.4, -0.2) is 0 Å². The number of fused-ring (bicyclic) bond motifs is 10. The maximum absolute atomic E-state index is 6.38. The summed E-state index contributed by atoms with van der Waals surface area (Å²) >= 11 is 0. The first-order valence-corrected chi connectivity index (χ1v) is 11.1. The molecular weight excluding hydrogens is 386 g/mol. The minimum atomic E-state index is -0.349. The van der Waals surface area contributed by atoms with E-state index in [-0.39, 0.29) is 5.41 Å². The molecule has 0 saturated heterocycles. The number of rotatable bonds is 1. The lowest BCUT2D eigenvalue weighted by molar-refractivity contribution is 0.794. The zero-order valence-corrected chi connectivity index (χ0v) is 17.5. The fraction of sp³-hybridized carbons (Fsp3) is 0.0323. The predicted octanol–water partition coefficient (Wildman–Crippen LogP) is 7.28. The Balaban J connectivity index is 1.65. The highest BCUT2D eigenvalue weighted by molar-refractivity contribution is 5.96. The summed E-state index contributed by atoms with van der Waals surface area (Å²) in [5.41, 5.74) is 19.8. The number of anilines is 1. The van der Waals surface area contributed by atoms with Gasteiger partial charge in [-0.05, 0) is 73.8 Å². The van der Waals surface area contributed by atoms with Crippen molar-refractivity contribution in [3.05, 3.63) is 138 Å². The summed E-state index contributed by atoms with van der Waals surface area (Å²) in [6.07, 6.45) is 0. The quantitative estimate of drug-likeness (QED) is 0.284. The molecule has 0 bridgehead atoms. The monoisotopic (exact) mass is 407 g/mol. The molecule has 0 amide bonds. The van der Waals surface area contributed by atoms with E-state index in [1.807, 2.05) is 6.07 Å². The van der Waals surface area contributed by atoms with Gasteiger partial charge in [0, 0.05) is 5.69 Å². The molecule has 1 spiro atoms. The van der Waals surface area contributed by atoms with Crippen molar-refractivity contribution >= 4 is 5.69 Å². The molecule has 5 aromatic carbocycles. The summed E-state index contributed by atoms with van der Waals surface area (Å²) in [4.78, 5) is 0. The van der Waals surface area contributed by atoms with Crippen molar-refractivity contribution in [1.29, 1.82) is 0 Å². The van der Waals surface area contributed by atoms with Crippen LogP contribution in [0, 0.1) is 0 Å². The van der Waals surface area contributed by atoms with E-state index < -0.39 is 0 Å². The Hall–Kier alpha value is -4.10. The molecular formula is C31H21N. The predicted molar refractivity (Wildman–Crippen MR) is 133 cm³/mol.